The van der Waals surface area contributed by atoms with E-state index >= 15 is 0 Å². The van der Waals surface area contributed by atoms with Gasteiger partial charge >= 0.3 is 0 Å². The molecule has 0 radical (unpaired) electrons. The molecule has 1 unspecified atom stereocenters. The van der Waals surface area contributed by atoms with Gasteiger partial charge in [0.25, 0.3) is 0 Å². The van der Waals surface area contributed by atoms with Gasteiger partial charge in [0.15, 0.2) is 0 Å². The van der Waals surface area contributed by atoms with E-state index in [0.717, 1.165) is 5.92 Å². The largest absolute Gasteiger partial charge is 0.310 e. The molecule has 1 N–H and O–H groups in total. The third-order valence-electron chi connectivity index (χ3n) is 5.68. The average Bonchev–Trinajstić information content (AvgIpc) is 2.79. The molecule has 2 fully saturated rings. The third-order valence-corrected chi connectivity index (χ3v) is 5.68. The van der Waals surface area contributed by atoms with Gasteiger partial charge in [0.1, 0.15) is 0 Å². The van der Waals surface area contributed by atoms with Crippen molar-refractivity contribution in [2.45, 2.75) is 50.0 Å². The van der Waals surface area contributed by atoms with E-state index in [-0.39, 0.29) is 0 Å². The van der Waals surface area contributed by atoms with Crippen LogP contribution < -0.4 is 5.32 Å². The predicted molar refractivity (Wildman–Crippen MR) is 83.1 cm³/mol. The molecule has 1 aromatic rings. The van der Waals surface area contributed by atoms with Crippen molar-refractivity contribution in [2.75, 3.05) is 26.2 Å². The summed E-state index contributed by atoms with van der Waals surface area (Å²) in [5.41, 5.74) is 3.66. The van der Waals surface area contributed by atoms with Crippen molar-refractivity contribution in [1.29, 1.82) is 0 Å². The van der Waals surface area contributed by atoms with E-state index < -0.39 is 0 Å². The summed E-state index contributed by atoms with van der Waals surface area (Å²) in [6, 6.07) is 9.02. The molecule has 1 atom stereocenters. The highest BCUT2D eigenvalue weighted by atomic mass is 15.2. The first-order chi connectivity index (χ1) is 9.85. The lowest BCUT2D eigenvalue weighted by Gasteiger charge is -2.38. The number of hydrogen-bond donors (Lipinski definition) is 1. The van der Waals surface area contributed by atoms with Crippen LogP contribution in [-0.4, -0.2) is 36.6 Å². The summed E-state index contributed by atoms with van der Waals surface area (Å²) in [4.78, 5) is 2.76. The van der Waals surface area contributed by atoms with Gasteiger partial charge in [-0.25, -0.2) is 0 Å². The van der Waals surface area contributed by atoms with Crippen molar-refractivity contribution < 1.29 is 0 Å². The molecule has 108 valence electrons. The fourth-order valence-electron chi connectivity index (χ4n) is 4.60. The molecule has 3 aliphatic rings. The van der Waals surface area contributed by atoms with Crippen LogP contribution in [0.5, 0.6) is 0 Å². The molecule has 4 rings (SSSR count). The molecule has 2 aliphatic carbocycles. The summed E-state index contributed by atoms with van der Waals surface area (Å²) in [6.07, 6.45) is 8.25. The summed E-state index contributed by atoms with van der Waals surface area (Å²) in [5, 5.41) is 3.87. The minimum Gasteiger partial charge on any atom is -0.310 e. The van der Waals surface area contributed by atoms with Gasteiger partial charge in [-0.1, -0.05) is 37.1 Å². The van der Waals surface area contributed by atoms with E-state index in [9.17, 15) is 0 Å². The van der Waals surface area contributed by atoms with E-state index in [2.05, 4.69) is 34.5 Å². The van der Waals surface area contributed by atoms with Crippen LogP contribution in [0.3, 0.4) is 0 Å². The van der Waals surface area contributed by atoms with E-state index in [4.69, 9.17) is 0 Å². The third kappa shape index (κ3) is 2.29. The highest BCUT2D eigenvalue weighted by molar-refractivity contribution is 5.40. The summed E-state index contributed by atoms with van der Waals surface area (Å²) in [6.45, 7) is 5.07. The first-order valence-corrected chi connectivity index (χ1v) is 8.40. The fraction of sp³-hybridized carbons (Fsp3) is 0.667. The van der Waals surface area contributed by atoms with Crippen molar-refractivity contribution in [3.05, 3.63) is 35.4 Å². The fourth-order valence-corrected chi connectivity index (χ4v) is 4.60. The summed E-state index contributed by atoms with van der Waals surface area (Å²) < 4.78 is 0. The van der Waals surface area contributed by atoms with E-state index in [1.807, 2.05) is 0 Å². The van der Waals surface area contributed by atoms with Crippen LogP contribution in [0.25, 0.3) is 0 Å². The lowest BCUT2D eigenvalue weighted by Crippen LogP contribution is -2.50. The van der Waals surface area contributed by atoms with Crippen molar-refractivity contribution in [3.63, 3.8) is 0 Å². The maximum atomic E-state index is 3.87. The molecule has 1 heterocycles. The highest BCUT2D eigenvalue weighted by Crippen LogP contribution is 2.37. The quantitative estimate of drug-likeness (QED) is 0.889. The molecule has 0 amide bonds. The SMILES string of the molecule is c1ccc2c(c1)CC2CN1CCCNC2(CCCC2)C1. The maximum Gasteiger partial charge on any atom is 0.0308 e. The van der Waals surface area contributed by atoms with Gasteiger partial charge in [0.05, 0.1) is 0 Å². The number of nitrogens with one attached hydrogen (secondary N) is 1. The lowest BCUT2D eigenvalue weighted by atomic mass is 9.77. The van der Waals surface area contributed by atoms with Gasteiger partial charge in [0.2, 0.25) is 0 Å². The van der Waals surface area contributed by atoms with Crippen LogP contribution in [0.4, 0.5) is 0 Å². The molecule has 2 nitrogen and oxygen atoms in total. The predicted octanol–water partition coefficient (Wildman–Crippen LogP) is 2.93. The zero-order chi connectivity index (χ0) is 13.4. The van der Waals surface area contributed by atoms with Gasteiger partial charge in [0, 0.05) is 24.5 Å². The summed E-state index contributed by atoms with van der Waals surface area (Å²) >= 11 is 0. The smallest absolute Gasteiger partial charge is 0.0308 e. The Balaban J connectivity index is 1.44. The molecular weight excluding hydrogens is 244 g/mol. The minimum absolute atomic E-state index is 0.458. The van der Waals surface area contributed by atoms with Crippen LogP contribution >= 0.6 is 0 Å². The topological polar surface area (TPSA) is 15.3 Å². The molecular formula is C18H26N2. The Hall–Kier alpha value is -0.860. The lowest BCUT2D eigenvalue weighted by molar-refractivity contribution is 0.195. The molecule has 0 aromatic heterocycles. The first-order valence-electron chi connectivity index (χ1n) is 8.40. The Kier molecular flexibility index (Phi) is 3.31. The zero-order valence-electron chi connectivity index (χ0n) is 12.4. The van der Waals surface area contributed by atoms with Gasteiger partial charge in [-0.3, -0.25) is 0 Å². The van der Waals surface area contributed by atoms with Crippen molar-refractivity contribution >= 4 is 0 Å². The molecule has 0 bridgehead atoms. The van der Waals surface area contributed by atoms with Crippen LogP contribution in [0, 0.1) is 0 Å². The number of fused-ring (bicyclic) bond motifs is 1. The second-order valence-electron chi connectivity index (χ2n) is 7.10. The van der Waals surface area contributed by atoms with E-state index in [1.54, 1.807) is 11.1 Å². The van der Waals surface area contributed by atoms with Gasteiger partial charge in [-0.15, -0.1) is 0 Å². The van der Waals surface area contributed by atoms with Gasteiger partial charge in [-0.05, 0) is 49.9 Å². The van der Waals surface area contributed by atoms with Crippen LogP contribution in [0.1, 0.15) is 49.1 Å². The van der Waals surface area contributed by atoms with Gasteiger partial charge in [-0.2, -0.15) is 0 Å². The highest BCUT2D eigenvalue weighted by Gasteiger charge is 2.37. The summed E-state index contributed by atoms with van der Waals surface area (Å²) in [5.74, 6) is 0.794. The Labute approximate surface area is 122 Å². The van der Waals surface area contributed by atoms with Crippen molar-refractivity contribution in [1.82, 2.24) is 10.2 Å². The first kappa shape index (κ1) is 12.8. The van der Waals surface area contributed by atoms with Crippen LogP contribution in [-0.2, 0) is 6.42 Å². The second-order valence-corrected chi connectivity index (χ2v) is 7.10. The molecule has 1 spiro atoms. The van der Waals surface area contributed by atoms with Crippen molar-refractivity contribution in [3.8, 4) is 0 Å². The van der Waals surface area contributed by atoms with Crippen LogP contribution in [0.2, 0.25) is 0 Å². The number of nitrogens with zero attached hydrogens (tertiary/aromatic N) is 1. The minimum atomic E-state index is 0.458. The Morgan fingerprint density at radius 2 is 2.00 bits per heavy atom. The molecule has 1 saturated heterocycles. The summed E-state index contributed by atoms with van der Waals surface area (Å²) in [7, 11) is 0. The monoisotopic (exact) mass is 270 g/mol. The van der Waals surface area contributed by atoms with E-state index in [0.29, 0.717) is 5.54 Å². The Bertz CT molecular complexity index is 476. The molecule has 1 aliphatic heterocycles. The van der Waals surface area contributed by atoms with E-state index in [1.165, 1.54) is 64.7 Å². The van der Waals surface area contributed by atoms with Crippen molar-refractivity contribution in [2.24, 2.45) is 0 Å². The average molecular weight is 270 g/mol. The standard InChI is InChI=1S/C18H26N2/c1-2-7-17-15(6-1)12-16(17)13-20-11-5-10-19-18(14-20)8-3-4-9-18/h1-2,6-7,16,19H,3-5,8-14H2. The number of hydrogen-bond acceptors (Lipinski definition) is 2. The van der Waals surface area contributed by atoms with Crippen LogP contribution in [0.15, 0.2) is 24.3 Å². The maximum absolute atomic E-state index is 3.87. The zero-order valence-corrected chi connectivity index (χ0v) is 12.4. The Morgan fingerprint density at radius 3 is 2.85 bits per heavy atom. The van der Waals surface area contributed by atoms with Gasteiger partial charge < -0.3 is 10.2 Å². The number of benzene rings is 1. The second kappa shape index (κ2) is 5.16. The molecule has 2 heteroatoms. The molecule has 1 aromatic carbocycles. The molecule has 1 saturated carbocycles. The Morgan fingerprint density at radius 1 is 1.15 bits per heavy atom. The number of rotatable bonds is 2. The normalized spacial score (nSPS) is 28.9. The molecule has 20 heavy (non-hydrogen) atoms.